The van der Waals surface area contributed by atoms with E-state index in [9.17, 15) is 13.2 Å². The van der Waals surface area contributed by atoms with Crippen molar-refractivity contribution in [1.82, 2.24) is 14.2 Å². The normalized spacial score (nSPS) is 16.8. The van der Waals surface area contributed by atoms with Gasteiger partial charge in [-0.15, -0.1) is 0 Å². The maximum absolute atomic E-state index is 12.0. The van der Waals surface area contributed by atoms with Gasteiger partial charge in [-0.25, -0.2) is 8.42 Å². The van der Waals surface area contributed by atoms with Crippen LogP contribution in [0.3, 0.4) is 0 Å². The average Bonchev–Trinajstić information content (AvgIpc) is 2.45. The highest BCUT2D eigenvalue weighted by molar-refractivity contribution is 7.88. The molecule has 8 heteroatoms. The van der Waals surface area contributed by atoms with Gasteiger partial charge in [0, 0.05) is 31.9 Å². The van der Waals surface area contributed by atoms with Gasteiger partial charge in [0.2, 0.25) is 10.0 Å². The Labute approximate surface area is 124 Å². The third-order valence-corrected chi connectivity index (χ3v) is 4.61. The van der Waals surface area contributed by atoms with Gasteiger partial charge in [0.15, 0.2) is 6.61 Å². The van der Waals surface area contributed by atoms with Crippen molar-refractivity contribution < 1.29 is 17.9 Å². The molecule has 0 aliphatic carbocycles. The van der Waals surface area contributed by atoms with Crippen LogP contribution in [-0.2, 0) is 14.8 Å². The molecule has 116 valence electrons. The number of hydrogen-bond acceptors (Lipinski definition) is 5. The molecule has 1 aromatic heterocycles. The lowest BCUT2D eigenvalue weighted by Gasteiger charge is -2.33. The SMILES string of the molecule is Cc1ccc(OCC(=O)N2CCN(S(C)(=O)=O)CC2)cn1. The zero-order valence-corrected chi connectivity index (χ0v) is 13.0. The molecule has 1 aliphatic heterocycles. The molecule has 1 aromatic rings. The fourth-order valence-corrected chi connectivity index (χ4v) is 2.87. The van der Waals surface area contributed by atoms with Gasteiger partial charge < -0.3 is 9.64 Å². The van der Waals surface area contributed by atoms with Gasteiger partial charge in [-0.05, 0) is 19.1 Å². The van der Waals surface area contributed by atoms with E-state index in [1.54, 1.807) is 17.2 Å². The van der Waals surface area contributed by atoms with Crippen LogP contribution >= 0.6 is 0 Å². The maximum atomic E-state index is 12.0. The van der Waals surface area contributed by atoms with Crippen molar-refractivity contribution in [2.24, 2.45) is 0 Å². The quantitative estimate of drug-likeness (QED) is 0.774. The van der Waals surface area contributed by atoms with E-state index in [1.165, 1.54) is 10.6 Å². The molecule has 1 aliphatic rings. The molecule has 1 amide bonds. The minimum absolute atomic E-state index is 0.0659. The first-order valence-corrected chi connectivity index (χ1v) is 8.49. The summed E-state index contributed by atoms with van der Waals surface area (Å²) in [4.78, 5) is 17.7. The van der Waals surface area contributed by atoms with Crippen LogP contribution in [0.4, 0.5) is 0 Å². The van der Waals surface area contributed by atoms with E-state index >= 15 is 0 Å². The van der Waals surface area contributed by atoms with Crippen LogP contribution in [0, 0.1) is 6.92 Å². The predicted octanol–water partition coefficient (Wildman–Crippen LogP) is -0.127. The zero-order chi connectivity index (χ0) is 15.5. The van der Waals surface area contributed by atoms with Crippen LogP contribution in [0.5, 0.6) is 5.75 Å². The Morgan fingerprint density at radius 3 is 2.48 bits per heavy atom. The van der Waals surface area contributed by atoms with Crippen molar-refractivity contribution in [1.29, 1.82) is 0 Å². The number of hydrogen-bond donors (Lipinski definition) is 0. The van der Waals surface area contributed by atoms with Crippen LogP contribution in [0.25, 0.3) is 0 Å². The third kappa shape index (κ3) is 4.40. The van der Waals surface area contributed by atoms with Crippen LogP contribution in [0.15, 0.2) is 18.3 Å². The number of sulfonamides is 1. The molecule has 1 fully saturated rings. The second-order valence-corrected chi connectivity index (χ2v) is 6.95. The predicted molar refractivity (Wildman–Crippen MR) is 77.5 cm³/mol. The third-order valence-electron chi connectivity index (χ3n) is 3.31. The molecule has 0 N–H and O–H groups in total. The average molecular weight is 313 g/mol. The molecule has 7 nitrogen and oxygen atoms in total. The molecule has 0 spiro atoms. The number of nitrogens with zero attached hydrogens (tertiary/aromatic N) is 3. The van der Waals surface area contributed by atoms with Crippen LogP contribution < -0.4 is 4.74 Å². The van der Waals surface area contributed by atoms with Crippen LogP contribution in [0.1, 0.15) is 5.69 Å². The number of rotatable bonds is 4. The fraction of sp³-hybridized carbons (Fsp3) is 0.538. The number of amides is 1. The van der Waals surface area contributed by atoms with Crippen molar-refractivity contribution >= 4 is 15.9 Å². The zero-order valence-electron chi connectivity index (χ0n) is 12.2. The van der Waals surface area contributed by atoms with Crippen molar-refractivity contribution in [3.63, 3.8) is 0 Å². The van der Waals surface area contributed by atoms with Gasteiger partial charge in [0.25, 0.3) is 5.91 Å². The smallest absolute Gasteiger partial charge is 0.260 e. The molecule has 0 atom stereocenters. The lowest BCUT2D eigenvalue weighted by Crippen LogP contribution is -2.51. The molecule has 0 bridgehead atoms. The molecule has 0 unspecified atom stereocenters. The number of carbonyl (C=O) groups is 1. The van der Waals surface area contributed by atoms with E-state index in [4.69, 9.17) is 4.74 Å². The lowest BCUT2D eigenvalue weighted by molar-refractivity contribution is -0.134. The molecule has 2 rings (SSSR count). The maximum Gasteiger partial charge on any atom is 0.260 e. The summed E-state index contributed by atoms with van der Waals surface area (Å²) < 4.78 is 29.5. The molecule has 0 radical (unpaired) electrons. The first-order chi connectivity index (χ1) is 9.86. The lowest BCUT2D eigenvalue weighted by atomic mass is 10.3. The van der Waals surface area contributed by atoms with Crippen LogP contribution in [0.2, 0.25) is 0 Å². The Bertz CT molecular complexity index is 592. The van der Waals surface area contributed by atoms with E-state index in [0.717, 1.165) is 5.69 Å². The Morgan fingerprint density at radius 2 is 1.95 bits per heavy atom. The van der Waals surface area contributed by atoms with Crippen molar-refractivity contribution in [2.45, 2.75) is 6.92 Å². The van der Waals surface area contributed by atoms with E-state index in [-0.39, 0.29) is 12.5 Å². The second kappa shape index (κ2) is 6.40. The summed E-state index contributed by atoms with van der Waals surface area (Å²) in [6, 6.07) is 3.57. The molecular weight excluding hydrogens is 294 g/mol. The summed E-state index contributed by atoms with van der Waals surface area (Å²) in [5.41, 5.74) is 0.880. The summed E-state index contributed by atoms with van der Waals surface area (Å²) in [6.07, 6.45) is 2.75. The Kier molecular flexibility index (Phi) is 4.79. The Balaban J connectivity index is 1.81. The molecule has 21 heavy (non-hydrogen) atoms. The topological polar surface area (TPSA) is 79.8 Å². The fourth-order valence-electron chi connectivity index (χ4n) is 2.05. The van der Waals surface area contributed by atoms with Gasteiger partial charge in [-0.2, -0.15) is 4.31 Å². The van der Waals surface area contributed by atoms with E-state index in [1.807, 2.05) is 13.0 Å². The number of aromatic nitrogens is 1. The van der Waals surface area contributed by atoms with Gasteiger partial charge in [-0.1, -0.05) is 0 Å². The Hall–Kier alpha value is -1.67. The highest BCUT2D eigenvalue weighted by Gasteiger charge is 2.26. The number of aryl methyl sites for hydroxylation is 1. The number of ether oxygens (including phenoxy) is 1. The van der Waals surface area contributed by atoms with Gasteiger partial charge in [-0.3, -0.25) is 9.78 Å². The minimum atomic E-state index is -3.18. The molecular formula is C13H19N3O4S. The molecule has 0 aromatic carbocycles. The second-order valence-electron chi connectivity index (χ2n) is 4.97. The molecule has 0 saturated carbocycles. The number of pyridine rings is 1. The van der Waals surface area contributed by atoms with E-state index < -0.39 is 10.0 Å². The van der Waals surface area contributed by atoms with E-state index in [0.29, 0.717) is 31.9 Å². The minimum Gasteiger partial charge on any atom is -0.482 e. The van der Waals surface area contributed by atoms with Gasteiger partial charge in [0.05, 0.1) is 12.5 Å². The summed E-state index contributed by atoms with van der Waals surface area (Å²) in [5, 5.41) is 0. The van der Waals surface area contributed by atoms with Crippen molar-refractivity contribution in [3.05, 3.63) is 24.0 Å². The van der Waals surface area contributed by atoms with Gasteiger partial charge >= 0.3 is 0 Å². The summed E-state index contributed by atoms with van der Waals surface area (Å²) >= 11 is 0. The molecule has 2 heterocycles. The number of carbonyl (C=O) groups excluding carboxylic acids is 1. The largest absolute Gasteiger partial charge is 0.482 e. The van der Waals surface area contributed by atoms with Crippen LogP contribution in [-0.4, -0.2) is 67.6 Å². The number of piperazine rings is 1. The van der Waals surface area contributed by atoms with Crippen molar-refractivity contribution in [2.75, 3.05) is 39.0 Å². The monoisotopic (exact) mass is 313 g/mol. The highest BCUT2D eigenvalue weighted by Crippen LogP contribution is 2.10. The Morgan fingerprint density at radius 1 is 1.29 bits per heavy atom. The first-order valence-electron chi connectivity index (χ1n) is 6.64. The molecule has 1 saturated heterocycles. The van der Waals surface area contributed by atoms with Gasteiger partial charge in [0.1, 0.15) is 5.75 Å². The van der Waals surface area contributed by atoms with Crippen molar-refractivity contribution in [3.8, 4) is 5.75 Å². The van der Waals surface area contributed by atoms with E-state index in [2.05, 4.69) is 4.98 Å². The standard InChI is InChI=1S/C13H19N3O4S/c1-11-3-4-12(9-14-11)20-10-13(17)15-5-7-16(8-6-15)21(2,18)19/h3-4,9H,5-8,10H2,1-2H3. The summed E-state index contributed by atoms with van der Waals surface area (Å²) in [5.74, 6) is 0.396. The summed E-state index contributed by atoms with van der Waals surface area (Å²) in [7, 11) is -3.18. The summed E-state index contributed by atoms with van der Waals surface area (Å²) in [6.45, 7) is 3.25. The highest BCUT2D eigenvalue weighted by atomic mass is 32.2. The first kappa shape index (κ1) is 15.7.